The molecule has 0 unspecified atom stereocenters. The fourth-order valence-electron chi connectivity index (χ4n) is 0.966. The Balaban J connectivity index is 0.00000289. The van der Waals surface area contributed by atoms with Crippen molar-refractivity contribution < 1.29 is 4.74 Å². The second kappa shape index (κ2) is 9.96. The van der Waals surface area contributed by atoms with Crippen LogP contribution < -0.4 is 0 Å². The molecule has 0 fully saturated rings. The molecule has 0 bridgehead atoms. The normalized spacial score (nSPS) is 8.94. The zero-order valence-corrected chi connectivity index (χ0v) is 12.1. The Morgan fingerprint density at radius 1 is 1.44 bits per heavy atom. The molecule has 1 aromatic carbocycles. The van der Waals surface area contributed by atoms with Crippen molar-refractivity contribution in [3.05, 3.63) is 34.7 Å². The molecule has 0 heterocycles. The summed E-state index contributed by atoms with van der Waals surface area (Å²) in [7, 11) is 4.80. The summed E-state index contributed by atoms with van der Waals surface area (Å²) in [4.78, 5) is 3.81. The standard InChI is InChI=1S/C10H12N4OS2.ClH/c1-15-10(11)6-7-16-17-9-4-2-8(3-5-9)13-14-12;/h2-5,11H,6-7H2,1H3;1H. The average Bonchev–Trinajstić information content (AvgIpc) is 2.36. The molecule has 0 amide bonds. The highest BCUT2D eigenvalue weighted by Gasteiger charge is 1.98. The van der Waals surface area contributed by atoms with Crippen LogP contribution in [0.4, 0.5) is 5.69 Å². The van der Waals surface area contributed by atoms with Crippen LogP contribution in [0.1, 0.15) is 6.42 Å². The molecule has 0 spiro atoms. The van der Waals surface area contributed by atoms with Crippen molar-refractivity contribution in [3.8, 4) is 0 Å². The number of methoxy groups -OCH3 is 1. The van der Waals surface area contributed by atoms with E-state index >= 15 is 0 Å². The number of halogens is 1. The van der Waals surface area contributed by atoms with Crippen LogP contribution in [0.5, 0.6) is 0 Å². The van der Waals surface area contributed by atoms with Crippen LogP contribution in [0.3, 0.4) is 0 Å². The lowest BCUT2D eigenvalue weighted by Crippen LogP contribution is -1.99. The first-order valence-corrected chi connectivity index (χ1v) is 7.14. The lowest BCUT2D eigenvalue weighted by atomic mass is 10.3. The zero-order valence-electron chi connectivity index (χ0n) is 9.70. The van der Waals surface area contributed by atoms with Crippen LogP contribution >= 0.6 is 34.0 Å². The number of hydrogen-bond donors (Lipinski definition) is 1. The van der Waals surface area contributed by atoms with Gasteiger partial charge in [-0.05, 0) is 17.7 Å². The van der Waals surface area contributed by atoms with Gasteiger partial charge in [-0.2, -0.15) is 0 Å². The van der Waals surface area contributed by atoms with Gasteiger partial charge in [0.15, 0.2) is 5.90 Å². The molecule has 0 aliphatic rings. The summed E-state index contributed by atoms with van der Waals surface area (Å²) < 4.78 is 4.76. The number of ether oxygens (including phenoxy) is 1. The first kappa shape index (κ1) is 17.0. The minimum Gasteiger partial charge on any atom is -0.484 e. The van der Waals surface area contributed by atoms with Crippen LogP contribution in [-0.4, -0.2) is 18.8 Å². The minimum absolute atomic E-state index is 0. The average molecular weight is 305 g/mol. The van der Waals surface area contributed by atoms with Gasteiger partial charge >= 0.3 is 0 Å². The maximum Gasteiger partial charge on any atom is 0.180 e. The number of nitrogens with one attached hydrogen (secondary N) is 1. The van der Waals surface area contributed by atoms with Gasteiger partial charge in [-0.1, -0.05) is 38.8 Å². The molecule has 1 rings (SSSR count). The molecular formula is C10H13ClN4OS2. The fourth-order valence-corrected chi connectivity index (χ4v) is 2.94. The van der Waals surface area contributed by atoms with Crippen molar-refractivity contribution >= 4 is 45.6 Å². The molecule has 0 aliphatic heterocycles. The van der Waals surface area contributed by atoms with E-state index in [-0.39, 0.29) is 12.4 Å². The van der Waals surface area contributed by atoms with Gasteiger partial charge in [0.25, 0.3) is 0 Å². The van der Waals surface area contributed by atoms with E-state index < -0.39 is 0 Å². The molecule has 0 aromatic heterocycles. The van der Waals surface area contributed by atoms with E-state index in [0.29, 0.717) is 18.0 Å². The SMILES string of the molecule is COC(=N)CCSSc1ccc(N=[N+]=[N-])cc1.Cl. The zero-order chi connectivity index (χ0) is 12.5. The number of nitrogens with zero attached hydrogens (tertiary/aromatic N) is 3. The van der Waals surface area contributed by atoms with Crippen molar-refractivity contribution in [1.82, 2.24) is 0 Å². The summed E-state index contributed by atoms with van der Waals surface area (Å²) >= 11 is 0. The van der Waals surface area contributed by atoms with Crippen molar-refractivity contribution in [2.24, 2.45) is 5.11 Å². The summed E-state index contributed by atoms with van der Waals surface area (Å²) in [6, 6.07) is 7.37. The molecule has 1 N–H and O–H groups in total. The Hall–Kier alpha value is -1.01. The highest BCUT2D eigenvalue weighted by Crippen LogP contribution is 2.32. The van der Waals surface area contributed by atoms with Gasteiger partial charge in [-0.25, -0.2) is 0 Å². The van der Waals surface area contributed by atoms with Gasteiger partial charge in [0.2, 0.25) is 0 Å². The molecule has 18 heavy (non-hydrogen) atoms. The molecule has 0 saturated carbocycles. The van der Waals surface area contributed by atoms with Crippen molar-refractivity contribution in [1.29, 1.82) is 5.41 Å². The molecule has 5 nitrogen and oxygen atoms in total. The Bertz CT molecular complexity index is 420. The third kappa shape index (κ3) is 6.66. The summed E-state index contributed by atoms with van der Waals surface area (Å²) in [5, 5.41) is 10.8. The van der Waals surface area contributed by atoms with Crippen LogP contribution in [0.2, 0.25) is 0 Å². The lowest BCUT2D eigenvalue weighted by molar-refractivity contribution is 0.389. The minimum atomic E-state index is 0. The van der Waals surface area contributed by atoms with E-state index in [1.54, 1.807) is 33.7 Å². The summed E-state index contributed by atoms with van der Waals surface area (Å²) in [5.74, 6) is 1.13. The smallest absolute Gasteiger partial charge is 0.180 e. The summed E-state index contributed by atoms with van der Waals surface area (Å²) in [5.41, 5.74) is 8.87. The van der Waals surface area contributed by atoms with Crippen molar-refractivity contribution in [2.75, 3.05) is 12.9 Å². The number of azide groups is 1. The lowest BCUT2D eigenvalue weighted by Gasteiger charge is -2.02. The maximum absolute atomic E-state index is 8.25. The van der Waals surface area contributed by atoms with Crippen LogP contribution in [-0.2, 0) is 4.74 Å². The van der Waals surface area contributed by atoms with E-state index in [4.69, 9.17) is 15.7 Å². The van der Waals surface area contributed by atoms with E-state index in [9.17, 15) is 0 Å². The van der Waals surface area contributed by atoms with Gasteiger partial charge in [0.05, 0.1) is 7.11 Å². The third-order valence-corrected chi connectivity index (χ3v) is 4.20. The predicted octanol–water partition coefficient (Wildman–Crippen LogP) is 4.80. The van der Waals surface area contributed by atoms with E-state index in [2.05, 4.69) is 10.0 Å². The highest BCUT2D eigenvalue weighted by molar-refractivity contribution is 8.76. The highest BCUT2D eigenvalue weighted by atomic mass is 35.5. The summed E-state index contributed by atoms with van der Waals surface area (Å²) in [6.45, 7) is 0. The Morgan fingerprint density at radius 2 is 2.11 bits per heavy atom. The first-order valence-electron chi connectivity index (χ1n) is 4.82. The Kier molecular flexibility index (Phi) is 9.40. The first-order chi connectivity index (χ1) is 8.26. The van der Waals surface area contributed by atoms with Gasteiger partial charge in [-0.3, -0.25) is 5.41 Å². The van der Waals surface area contributed by atoms with E-state index in [0.717, 1.165) is 10.6 Å². The Labute approximate surface area is 120 Å². The second-order valence-electron chi connectivity index (χ2n) is 2.97. The van der Waals surface area contributed by atoms with Crippen LogP contribution in [0.25, 0.3) is 10.4 Å². The van der Waals surface area contributed by atoms with E-state index in [1.165, 1.54) is 7.11 Å². The predicted molar refractivity (Wildman–Crippen MR) is 80.2 cm³/mol. The number of rotatable bonds is 6. The molecule has 0 radical (unpaired) electrons. The van der Waals surface area contributed by atoms with Gasteiger partial charge in [0, 0.05) is 27.7 Å². The molecule has 98 valence electrons. The third-order valence-electron chi connectivity index (χ3n) is 1.81. The fraction of sp³-hybridized carbons (Fsp3) is 0.300. The van der Waals surface area contributed by atoms with Gasteiger partial charge < -0.3 is 4.74 Å². The van der Waals surface area contributed by atoms with Gasteiger partial charge in [-0.15, -0.1) is 12.4 Å². The topological polar surface area (TPSA) is 81.8 Å². The van der Waals surface area contributed by atoms with Gasteiger partial charge in [0.1, 0.15) is 0 Å². The maximum atomic E-state index is 8.25. The Morgan fingerprint density at radius 3 is 2.67 bits per heavy atom. The number of benzene rings is 1. The van der Waals surface area contributed by atoms with Crippen LogP contribution in [0.15, 0.2) is 34.3 Å². The molecular weight excluding hydrogens is 292 g/mol. The quantitative estimate of drug-likeness (QED) is 0.156. The molecule has 0 atom stereocenters. The molecule has 8 heteroatoms. The number of hydrogen-bond acceptors (Lipinski definition) is 5. The molecule has 1 aromatic rings. The summed E-state index contributed by atoms with van der Waals surface area (Å²) in [6.07, 6.45) is 0.630. The van der Waals surface area contributed by atoms with Crippen LogP contribution in [0, 0.1) is 5.41 Å². The second-order valence-corrected chi connectivity index (χ2v) is 5.46. The molecule has 0 aliphatic carbocycles. The monoisotopic (exact) mass is 304 g/mol. The van der Waals surface area contributed by atoms with E-state index in [1.807, 2.05) is 12.1 Å². The van der Waals surface area contributed by atoms with Crippen molar-refractivity contribution in [2.45, 2.75) is 11.3 Å². The van der Waals surface area contributed by atoms with Crippen molar-refractivity contribution in [3.63, 3.8) is 0 Å². The largest absolute Gasteiger partial charge is 0.484 e. The molecule has 0 saturated heterocycles.